The molecule has 0 aromatic carbocycles. The van der Waals surface area contributed by atoms with E-state index in [4.69, 9.17) is 0 Å². The van der Waals surface area contributed by atoms with Crippen LogP contribution in [-0.4, -0.2) is 0 Å². The third-order valence-electron chi connectivity index (χ3n) is 2.63. The summed E-state index contributed by atoms with van der Waals surface area (Å²) in [7, 11) is 0. The molecule has 0 unspecified atom stereocenters. The minimum atomic E-state index is 1.21. The summed E-state index contributed by atoms with van der Waals surface area (Å²) in [5.41, 5.74) is 6.46. The van der Waals surface area contributed by atoms with E-state index in [9.17, 15) is 0 Å². The molecule has 0 bridgehead atoms. The Hall–Kier alpha value is -0.520. The topological polar surface area (TPSA) is 0 Å². The summed E-state index contributed by atoms with van der Waals surface area (Å²) in [6, 6.07) is 0. The molecule has 0 aromatic heterocycles. The highest BCUT2D eigenvalue weighted by molar-refractivity contribution is 5.45. The van der Waals surface area contributed by atoms with Crippen LogP contribution in [0.4, 0.5) is 0 Å². The van der Waals surface area contributed by atoms with E-state index in [0.29, 0.717) is 0 Å². The molecule has 0 radical (unpaired) electrons. The van der Waals surface area contributed by atoms with E-state index >= 15 is 0 Å². The van der Waals surface area contributed by atoms with Crippen molar-refractivity contribution in [1.82, 2.24) is 0 Å². The van der Waals surface area contributed by atoms with Gasteiger partial charge in [-0.15, -0.1) is 0 Å². The van der Waals surface area contributed by atoms with Crippen LogP contribution < -0.4 is 0 Å². The van der Waals surface area contributed by atoms with Gasteiger partial charge in [-0.05, 0) is 44.3 Å². The van der Waals surface area contributed by atoms with E-state index in [1.54, 1.807) is 22.3 Å². The molecule has 11 heavy (non-hydrogen) atoms. The smallest absolute Gasteiger partial charge is 0.0102 e. The van der Waals surface area contributed by atoms with E-state index in [0.717, 1.165) is 0 Å². The zero-order valence-corrected chi connectivity index (χ0v) is 8.12. The molecule has 0 saturated heterocycles. The van der Waals surface area contributed by atoms with Crippen molar-refractivity contribution in [2.45, 2.75) is 47.0 Å². The molecule has 1 aliphatic carbocycles. The third kappa shape index (κ3) is 1.40. The van der Waals surface area contributed by atoms with Gasteiger partial charge in [-0.3, -0.25) is 0 Å². The largest absolute Gasteiger partial charge is 0.0658 e. The first-order valence-electron chi connectivity index (χ1n) is 4.58. The van der Waals surface area contributed by atoms with Gasteiger partial charge in [-0.2, -0.15) is 0 Å². The maximum absolute atomic E-state index is 2.27. The molecule has 62 valence electrons. The quantitative estimate of drug-likeness (QED) is 0.561. The lowest BCUT2D eigenvalue weighted by Gasteiger charge is -2.04. The summed E-state index contributed by atoms with van der Waals surface area (Å²) in [6.07, 6.45) is 3.66. The van der Waals surface area contributed by atoms with Crippen LogP contribution in [-0.2, 0) is 0 Å². The third-order valence-corrected chi connectivity index (χ3v) is 2.63. The molecule has 0 amide bonds. The minimum absolute atomic E-state index is 1.21. The molecule has 1 aliphatic rings. The fraction of sp³-hybridized carbons (Fsp3) is 0.636. The maximum Gasteiger partial charge on any atom is -0.0102 e. The van der Waals surface area contributed by atoms with Crippen molar-refractivity contribution in [3.63, 3.8) is 0 Å². The number of hydrogen-bond donors (Lipinski definition) is 0. The highest BCUT2D eigenvalue weighted by Gasteiger charge is 2.15. The average molecular weight is 150 g/mol. The van der Waals surface area contributed by atoms with E-state index in [-0.39, 0.29) is 0 Å². The second-order valence-corrected chi connectivity index (χ2v) is 3.40. The number of hydrogen-bond acceptors (Lipinski definition) is 0. The number of rotatable bonds is 2. The molecule has 0 atom stereocenters. The summed E-state index contributed by atoms with van der Waals surface area (Å²) in [5, 5.41) is 0. The van der Waals surface area contributed by atoms with Crippen LogP contribution in [0.3, 0.4) is 0 Å². The molecular weight excluding hydrogens is 132 g/mol. The Bertz CT molecular complexity index is 192. The first-order chi connectivity index (χ1) is 5.20. The van der Waals surface area contributed by atoms with Crippen molar-refractivity contribution in [3.05, 3.63) is 22.3 Å². The van der Waals surface area contributed by atoms with Crippen molar-refractivity contribution in [3.8, 4) is 0 Å². The highest BCUT2D eigenvalue weighted by atomic mass is 14.2. The van der Waals surface area contributed by atoms with Gasteiger partial charge in [0, 0.05) is 0 Å². The lowest BCUT2D eigenvalue weighted by molar-refractivity contribution is 1.02. The van der Waals surface area contributed by atoms with Gasteiger partial charge in [-0.25, -0.2) is 0 Å². The van der Waals surface area contributed by atoms with E-state index < -0.39 is 0 Å². The Morgan fingerprint density at radius 3 is 1.55 bits per heavy atom. The molecule has 0 fully saturated rings. The van der Waals surface area contributed by atoms with Crippen LogP contribution in [0.5, 0.6) is 0 Å². The number of allylic oxidation sites excluding steroid dienone is 4. The highest BCUT2D eigenvalue weighted by Crippen LogP contribution is 2.35. The standard InChI is InChI=1S/C11H18/c1-5-10-8(3)7-9(4)11(10)6-2/h5-7H2,1-4H3. The summed E-state index contributed by atoms with van der Waals surface area (Å²) in [5.74, 6) is 0. The second kappa shape index (κ2) is 3.25. The molecular formula is C11H18. The Morgan fingerprint density at radius 2 is 1.27 bits per heavy atom. The van der Waals surface area contributed by atoms with Crippen molar-refractivity contribution in [2.75, 3.05) is 0 Å². The van der Waals surface area contributed by atoms with Crippen molar-refractivity contribution < 1.29 is 0 Å². The first-order valence-corrected chi connectivity index (χ1v) is 4.58. The Labute approximate surface area is 70.0 Å². The van der Waals surface area contributed by atoms with E-state index in [1.807, 2.05) is 0 Å². The predicted molar refractivity (Wildman–Crippen MR) is 50.6 cm³/mol. The molecule has 0 nitrogen and oxygen atoms in total. The van der Waals surface area contributed by atoms with Gasteiger partial charge in [0.15, 0.2) is 0 Å². The molecule has 0 saturated carbocycles. The summed E-state index contributed by atoms with van der Waals surface area (Å²) < 4.78 is 0. The van der Waals surface area contributed by atoms with Crippen LogP contribution in [0.2, 0.25) is 0 Å². The van der Waals surface area contributed by atoms with Gasteiger partial charge in [0.05, 0.1) is 0 Å². The van der Waals surface area contributed by atoms with Gasteiger partial charge < -0.3 is 0 Å². The SMILES string of the molecule is CCC1=C(C)CC(C)=C1CC. The van der Waals surface area contributed by atoms with Crippen LogP contribution in [0, 0.1) is 0 Å². The van der Waals surface area contributed by atoms with Gasteiger partial charge in [0.25, 0.3) is 0 Å². The Balaban J connectivity index is 2.94. The van der Waals surface area contributed by atoms with Gasteiger partial charge in [0.1, 0.15) is 0 Å². The van der Waals surface area contributed by atoms with Gasteiger partial charge >= 0.3 is 0 Å². The molecule has 1 rings (SSSR count). The predicted octanol–water partition coefficient (Wildman–Crippen LogP) is 3.84. The van der Waals surface area contributed by atoms with Crippen molar-refractivity contribution >= 4 is 0 Å². The molecule has 0 aliphatic heterocycles. The van der Waals surface area contributed by atoms with Crippen LogP contribution in [0.1, 0.15) is 47.0 Å². The van der Waals surface area contributed by atoms with Gasteiger partial charge in [0.2, 0.25) is 0 Å². The van der Waals surface area contributed by atoms with Crippen molar-refractivity contribution in [1.29, 1.82) is 0 Å². The Kier molecular flexibility index (Phi) is 2.53. The second-order valence-electron chi connectivity index (χ2n) is 3.40. The first kappa shape index (κ1) is 8.58. The van der Waals surface area contributed by atoms with E-state index in [1.165, 1.54) is 19.3 Å². The Morgan fingerprint density at radius 1 is 0.909 bits per heavy atom. The average Bonchev–Trinajstić information content (AvgIpc) is 2.24. The minimum Gasteiger partial charge on any atom is -0.0658 e. The molecule has 0 heterocycles. The maximum atomic E-state index is 2.27. The van der Waals surface area contributed by atoms with Crippen LogP contribution >= 0.6 is 0 Å². The zero-order chi connectivity index (χ0) is 8.43. The lowest BCUT2D eigenvalue weighted by atomic mass is 10.0. The fourth-order valence-corrected chi connectivity index (χ4v) is 2.16. The van der Waals surface area contributed by atoms with Gasteiger partial charge in [-0.1, -0.05) is 25.0 Å². The monoisotopic (exact) mass is 150 g/mol. The molecule has 0 spiro atoms. The zero-order valence-electron chi connectivity index (χ0n) is 8.12. The van der Waals surface area contributed by atoms with Crippen LogP contribution in [0.25, 0.3) is 0 Å². The summed E-state index contributed by atoms with van der Waals surface area (Å²) in [6.45, 7) is 9.05. The summed E-state index contributed by atoms with van der Waals surface area (Å²) in [4.78, 5) is 0. The fourth-order valence-electron chi connectivity index (χ4n) is 2.16. The summed E-state index contributed by atoms with van der Waals surface area (Å²) >= 11 is 0. The lowest BCUT2D eigenvalue weighted by Crippen LogP contribution is -1.85. The van der Waals surface area contributed by atoms with Crippen molar-refractivity contribution in [2.24, 2.45) is 0 Å². The van der Waals surface area contributed by atoms with Crippen LogP contribution in [0.15, 0.2) is 22.3 Å². The molecule has 0 N–H and O–H groups in total. The van der Waals surface area contributed by atoms with E-state index in [2.05, 4.69) is 27.7 Å². The molecule has 0 aromatic rings. The molecule has 0 heteroatoms. The normalized spacial score (nSPS) is 18.5.